The van der Waals surface area contributed by atoms with Crippen LogP contribution >= 0.6 is 11.3 Å². The topological polar surface area (TPSA) is 76.9 Å². The fourth-order valence-electron chi connectivity index (χ4n) is 4.63. The molecule has 2 atom stereocenters. The first-order chi connectivity index (χ1) is 19.0. The second-order valence-electron chi connectivity index (χ2n) is 9.34. The van der Waals surface area contributed by atoms with Crippen LogP contribution in [0.1, 0.15) is 58.7 Å². The van der Waals surface area contributed by atoms with E-state index in [1.54, 1.807) is 11.0 Å². The van der Waals surface area contributed by atoms with Gasteiger partial charge in [-0.1, -0.05) is 17.3 Å². The Balaban J connectivity index is 1.18. The molecule has 40 heavy (non-hydrogen) atoms. The number of rotatable bonds is 7. The number of halogens is 6. The molecular formula is C26H22F6N4O3S. The minimum atomic E-state index is -4.67. The van der Waals surface area contributed by atoms with Gasteiger partial charge in [-0.25, -0.2) is 9.97 Å². The largest absolute Gasteiger partial charge is 0.451 e. The van der Waals surface area contributed by atoms with E-state index in [0.29, 0.717) is 49.2 Å². The third-order valence-electron chi connectivity index (χ3n) is 6.74. The first-order valence-corrected chi connectivity index (χ1v) is 13.1. The van der Waals surface area contributed by atoms with Crippen molar-refractivity contribution >= 4 is 23.3 Å². The Morgan fingerprint density at radius 1 is 1.07 bits per heavy atom. The fourth-order valence-corrected chi connectivity index (χ4v) is 5.63. The van der Waals surface area contributed by atoms with Gasteiger partial charge in [0.2, 0.25) is 12.1 Å². The number of piperidine rings is 1. The van der Waals surface area contributed by atoms with Gasteiger partial charge >= 0.3 is 12.4 Å². The number of carbonyl (C=O) groups is 1. The van der Waals surface area contributed by atoms with Crippen molar-refractivity contribution in [3.8, 4) is 5.88 Å². The van der Waals surface area contributed by atoms with Crippen molar-refractivity contribution in [2.24, 2.45) is 5.16 Å². The summed E-state index contributed by atoms with van der Waals surface area (Å²) in [6, 6.07) is 6.94. The standard InChI is InChI=1S/C26H22F6N4O3S/c27-25(28,29)17-4-1-3-16(11-17)21-12-19(35-39-21)20-14-40-24(34-20)15-6-9-36(10-7-15)22(13-37)38-23-18(26(30,31)32)5-2-8-33-23/h1-5,8,11,13-15,21-22H,6-7,9-10,12H2/t21-,22?/m1/s1. The van der Waals surface area contributed by atoms with Crippen molar-refractivity contribution in [1.82, 2.24) is 14.9 Å². The summed E-state index contributed by atoms with van der Waals surface area (Å²) in [7, 11) is 0. The summed E-state index contributed by atoms with van der Waals surface area (Å²) >= 11 is 1.42. The average molecular weight is 585 g/mol. The Hall–Kier alpha value is -3.52. The van der Waals surface area contributed by atoms with Crippen molar-refractivity contribution in [1.29, 1.82) is 0 Å². The summed E-state index contributed by atoms with van der Waals surface area (Å²) in [5.41, 5.74) is -0.321. The number of carbonyl (C=O) groups excluding carboxylic acids is 1. The number of alkyl halides is 6. The highest BCUT2D eigenvalue weighted by atomic mass is 32.1. The maximum Gasteiger partial charge on any atom is 0.421 e. The third-order valence-corrected chi connectivity index (χ3v) is 7.74. The number of aromatic nitrogens is 2. The van der Waals surface area contributed by atoms with Crippen molar-refractivity contribution in [2.75, 3.05) is 13.1 Å². The van der Waals surface area contributed by atoms with Crippen molar-refractivity contribution in [3.63, 3.8) is 0 Å². The molecule has 3 aromatic rings. The number of oxime groups is 1. The minimum absolute atomic E-state index is 0.0464. The van der Waals surface area contributed by atoms with Crippen LogP contribution in [0.15, 0.2) is 53.1 Å². The zero-order chi connectivity index (χ0) is 28.5. The van der Waals surface area contributed by atoms with Crippen LogP contribution in [0, 0.1) is 0 Å². The minimum Gasteiger partial charge on any atom is -0.451 e. The quantitative estimate of drug-likeness (QED) is 0.242. The van der Waals surface area contributed by atoms with Gasteiger partial charge < -0.3 is 9.57 Å². The van der Waals surface area contributed by atoms with Crippen molar-refractivity contribution in [2.45, 2.75) is 49.9 Å². The lowest BCUT2D eigenvalue weighted by molar-refractivity contribution is -0.142. The normalized spacial score (nSPS) is 19.6. The number of likely N-dealkylation sites (tertiary alicyclic amines) is 1. The average Bonchev–Trinajstić information content (AvgIpc) is 3.62. The van der Waals surface area contributed by atoms with E-state index in [4.69, 9.17) is 9.57 Å². The van der Waals surface area contributed by atoms with Crippen LogP contribution in [0.2, 0.25) is 0 Å². The molecular weight excluding hydrogens is 562 g/mol. The summed E-state index contributed by atoms with van der Waals surface area (Å²) in [6.45, 7) is 0.775. The maximum absolute atomic E-state index is 13.3. The molecule has 0 N–H and O–H groups in total. The molecule has 1 unspecified atom stereocenters. The lowest BCUT2D eigenvalue weighted by Crippen LogP contribution is -2.45. The van der Waals surface area contributed by atoms with Crippen LogP contribution in [-0.4, -0.2) is 46.2 Å². The Morgan fingerprint density at radius 2 is 1.85 bits per heavy atom. The number of aldehydes is 1. The van der Waals surface area contributed by atoms with Gasteiger partial charge in [-0.05, 0) is 42.7 Å². The van der Waals surface area contributed by atoms with E-state index < -0.39 is 41.7 Å². The van der Waals surface area contributed by atoms with Crippen LogP contribution in [0.3, 0.4) is 0 Å². The van der Waals surface area contributed by atoms with E-state index in [1.165, 1.54) is 23.6 Å². The summed E-state index contributed by atoms with van der Waals surface area (Å²) in [4.78, 5) is 27.1. The highest BCUT2D eigenvalue weighted by Gasteiger charge is 2.37. The number of hydrogen-bond acceptors (Lipinski definition) is 8. The molecule has 2 aliphatic rings. The molecule has 7 nitrogen and oxygen atoms in total. The zero-order valence-corrected chi connectivity index (χ0v) is 21.5. The fraction of sp³-hybridized carbons (Fsp3) is 0.385. The molecule has 0 radical (unpaired) electrons. The lowest BCUT2D eigenvalue weighted by atomic mass is 9.97. The van der Waals surface area contributed by atoms with E-state index in [2.05, 4.69) is 15.1 Å². The van der Waals surface area contributed by atoms with Gasteiger partial charge in [0, 0.05) is 37.0 Å². The summed E-state index contributed by atoms with van der Waals surface area (Å²) in [6.07, 6.45) is -7.93. The van der Waals surface area contributed by atoms with Crippen LogP contribution < -0.4 is 4.74 Å². The lowest BCUT2D eigenvalue weighted by Gasteiger charge is -2.34. The van der Waals surface area contributed by atoms with Crippen molar-refractivity contribution in [3.05, 3.63) is 75.4 Å². The predicted octanol–water partition coefficient (Wildman–Crippen LogP) is 6.22. The van der Waals surface area contributed by atoms with Crippen molar-refractivity contribution < 1.29 is 40.7 Å². The van der Waals surface area contributed by atoms with E-state index in [-0.39, 0.29) is 12.3 Å². The number of benzene rings is 1. The molecule has 1 saturated heterocycles. The van der Waals surface area contributed by atoms with Gasteiger partial charge in [-0.2, -0.15) is 26.3 Å². The molecule has 5 rings (SSSR count). The second kappa shape index (κ2) is 11.2. The van der Waals surface area contributed by atoms with Crippen LogP contribution in [0.5, 0.6) is 5.88 Å². The number of ether oxygens (including phenoxy) is 1. The van der Waals surface area contributed by atoms with Gasteiger partial charge in [0.25, 0.3) is 0 Å². The Kier molecular flexibility index (Phi) is 7.82. The van der Waals surface area contributed by atoms with Crippen LogP contribution in [-0.2, 0) is 22.0 Å². The number of thiazole rings is 1. The second-order valence-corrected chi connectivity index (χ2v) is 10.2. The van der Waals surface area contributed by atoms with Gasteiger partial charge in [-0.15, -0.1) is 11.3 Å². The SMILES string of the molecule is O=CC(Oc1ncccc1C(F)(F)F)N1CCC(c2nc(C3=NO[C@@H](c4cccc(C(F)(F)F)c4)C3)cs2)CC1. The highest BCUT2D eigenvalue weighted by molar-refractivity contribution is 7.10. The molecule has 0 bridgehead atoms. The molecule has 4 heterocycles. The maximum atomic E-state index is 13.3. The summed E-state index contributed by atoms with van der Waals surface area (Å²) in [5, 5.41) is 6.70. The Bertz CT molecular complexity index is 1380. The van der Waals surface area contributed by atoms with E-state index in [9.17, 15) is 31.1 Å². The first kappa shape index (κ1) is 28.0. The highest BCUT2D eigenvalue weighted by Crippen LogP contribution is 2.38. The monoisotopic (exact) mass is 584 g/mol. The molecule has 0 saturated carbocycles. The first-order valence-electron chi connectivity index (χ1n) is 12.3. The third kappa shape index (κ3) is 6.12. The summed E-state index contributed by atoms with van der Waals surface area (Å²) in [5.74, 6) is -0.605. The van der Waals surface area contributed by atoms with E-state index in [0.717, 1.165) is 29.3 Å². The molecule has 0 aliphatic carbocycles. The smallest absolute Gasteiger partial charge is 0.421 e. The van der Waals surface area contributed by atoms with Crippen LogP contribution in [0.25, 0.3) is 0 Å². The molecule has 14 heteroatoms. The molecule has 0 spiro atoms. The summed E-state index contributed by atoms with van der Waals surface area (Å²) < 4.78 is 84.4. The molecule has 1 fully saturated rings. The van der Waals surface area contributed by atoms with Gasteiger partial charge in [0.1, 0.15) is 11.3 Å². The van der Waals surface area contributed by atoms with E-state index >= 15 is 0 Å². The predicted molar refractivity (Wildman–Crippen MR) is 132 cm³/mol. The molecule has 1 aromatic carbocycles. The number of pyridine rings is 1. The van der Waals surface area contributed by atoms with Gasteiger partial charge in [-0.3, -0.25) is 9.69 Å². The molecule has 212 valence electrons. The van der Waals surface area contributed by atoms with Gasteiger partial charge in [0.05, 0.1) is 16.3 Å². The Labute approximate surface area is 228 Å². The number of nitrogens with zero attached hydrogens (tertiary/aromatic N) is 4. The molecule has 2 aliphatic heterocycles. The number of hydrogen-bond donors (Lipinski definition) is 0. The van der Waals surface area contributed by atoms with Crippen LogP contribution in [0.4, 0.5) is 26.3 Å². The van der Waals surface area contributed by atoms with Gasteiger partial charge in [0.15, 0.2) is 12.4 Å². The zero-order valence-electron chi connectivity index (χ0n) is 20.7. The molecule has 2 aromatic heterocycles. The van der Waals surface area contributed by atoms with E-state index in [1.807, 2.05) is 5.38 Å². The Morgan fingerprint density at radius 3 is 2.55 bits per heavy atom. The molecule has 0 amide bonds.